The van der Waals surface area contributed by atoms with Gasteiger partial charge in [-0.2, -0.15) is 0 Å². The van der Waals surface area contributed by atoms with Crippen molar-refractivity contribution in [3.63, 3.8) is 0 Å². The van der Waals surface area contributed by atoms with Gasteiger partial charge in [-0.1, -0.05) is 0 Å². The Balaban J connectivity index is 4.03. The molecule has 0 saturated heterocycles. The van der Waals surface area contributed by atoms with Gasteiger partial charge in [-0.25, -0.2) is 0 Å². The molecule has 0 saturated carbocycles. The minimum absolute atomic E-state index is 0.0953. The van der Waals surface area contributed by atoms with Crippen LogP contribution in [0.25, 0.3) is 0 Å². The van der Waals surface area contributed by atoms with Gasteiger partial charge in [-0.3, -0.25) is 33.8 Å². The molecule has 0 aliphatic rings. The predicted octanol–water partition coefficient (Wildman–Crippen LogP) is -2.06. The van der Waals surface area contributed by atoms with Crippen molar-refractivity contribution in [2.24, 2.45) is 0 Å². The second-order valence-corrected chi connectivity index (χ2v) is 6.10. The number of carboxylic acid groups (broad SMARTS) is 3. The predicted molar refractivity (Wildman–Crippen MR) is 100 cm³/mol. The first-order valence-electron chi connectivity index (χ1n) is 9.14. The molecule has 0 rings (SSSR count). The molecule has 31 heavy (non-hydrogen) atoms. The summed E-state index contributed by atoms with van der Waals surface area (Å²) in [6.45, 7) is -0.298. The lowest BCUT2D eigenvalue weighted by Gasteiger charge is -2.19. The van der Waals surface area contributed by atoms with Gasteiger partial charge in [0, 0.05) is 20.0 Å². The number of hydrogen-bond acceptors (Lipinski definition) is 11. The molecule has 0 aromatic rings. The highest BCUT2D eigenvalue weighted by atomic mass is 16.7. The number of esters is 2. The fraction of sp³-hybridized carbons (Fsp3) is 0.706. The van der Waals surface area contributed by atoms with Crippen molar-refractivity contribution in [2.45, 2.75) is 6.92 Å². The Labute approximate surface area is 178 Å². The van der Waals surface area contributed by atoms with Crippen LogP contribution in [0.1, 0.15) is 6.92 Å². The molecule has 14 heteroatoms. The molecule has 0 unspecified atom stereocenters. The summed E-state index contributed by atoms with van der Waals surface area (Å²) < 4.78 is 19.6. The molecule has 0 fully saturated rings. The molecule has 0 aliphatic carbocycles. The molecule has 0 spiro atoms. The topological polar surface area (TPSA) is 189 Å². The number of carbonyl (C=O) groups is 5. The quantitative estimate of drug-likeness (QED) is 0.110. The van der Waals surface area contributed by atoms with Crippen LogP contribution in [0.2, 0.25) is 0 Å². The van der Waals surface area contributed by atoms with Crippen LogP contribution in [0.3, 0.4) is 0 Å². The summed E-state index contributed by atoms with van der Waals surface area (Å²) in [4.78, 5) is 57.0. The van der Waals surface area contributed by atoms with Crippen LogP contribution in [0, 0.1) is 0 Å². The molecule has 0 bridgehead atoms. The van der Waals surface area contributed by atoms with Gasteiger partial charge in [0.1, 0.15) is 0 Å². The lowest BCUT2D eigenvalue weighted by atomic mass is 10.4. The first-order chi connectivity index (χ1) is 14.6. The van der Waals surface area contributed by atoms with E-state index < -0.39 is 56.3 Å². The SMILES string of the molecule is CC(=O)OCOC(=O)CN(CCOCCOCCN(CC(=O)O)CC(=O)O)CC(=O)O. The summed E-state index contributed by atoms with van der Waals surface area (Å²) in [5, 5.41) is 26.4. The molecule has 14 nitrogen and oxygen atoms in total. The van der Waals surface area contributed by atoms with Gasteiger partial charge in [0.2, 0.25) is 6.79 Å². The maximum Gasteiger partial charge on any atom is 0.323 e. The summed E-state index contributed by atoms with van der Waals surface area (Å²) in [6, 6.07) is 0. The van der Waals surface area contributed by atoms with Gasteiger partial charge in [-0.15, -0.1) is 0 Å². The molecule has 178 valence electrons. The normalized spacial score (nSPS) is 10.8. The number of ether oxygens (including phenoxy) is 4. The number of hydrogen-bond donors (Lipinski definition) is 3. The van der Waals surface area contributed by atoms with Crippen LogP contribution in [0.5, 0.6) is 0 Å². The molecular formula is C17H28N2O12. The summed E-state index contributed by atoms with van der Waals surface area (Å²) in [6.07, 6.45) is 0. The first kappa shape index (κ1) is 28.2. The van der Waals surface area contributed by atoms with Gasteiger partial charge in [0.05, 0.1) is 52.6 Å². The van der Waals surface area contributed by atoms with E-state index in [0.29, 0.717) is 0 Å². The molecule has 0 aliphatic heterocycles. The third-order valence-electron chi connectivity index (χ3n) is 3.39. The fourth-order valence-corrected chi connectivity index (χ4v) is 2.12. The maximum atomic E-state index is 11.6. The Kier molecular flexibility index (Phi) is 15.4. The number of carboxylic acids is 3. The van der Waals surface area contributed by atoms with Crippen molar-refractivity contribution < 1.29 is 58.2 Å². The van der Waals surface area contributed by atoms with Crippen LogP contribution < -0.4 is 0 Å². The van der Waals surface area contributed by atoms with Crippen molar-refractivity contribution in [3.8, 4) is 0 Å². The number of nitrogens with zero attached hydrogens (tertiary/aromatic N) is 2. The van der Waals surface area contributed by atoms with E-state index in [1.54, 1.807) is 0 Å². The standard InChI is InChI=1S/C17H28N2O12/c1-13(20)30-12-31-17(27)11-19(10-16(25)26)3-5-29-7-6-28-4-2-18(8-14(21)22)9-15(23)24/h2-12H2,1H3,(H,21,22)(H,23,24)(H,25,26). The zero-order valence-electron chi connectivity index (χ0n) is 17.2. The Bertz CT molecular complexity index is 582. The van der Waals surface area contributed by atoms with E-state index in [-0.39, 0.29) is 46.1 Å². The maximum absolute atomic E-state index is 11.6. The monoisotopic (exact) mass is 452 g/mol. The zero-order chi connectivity index (χ0) is 23.6. The molecule has 3 N–H and O–H groups in total. The van der Waals surface area contributed by atoms with Crippen molar-refractivity contribution in [1.82, 2.24) is 9.80 Å². The minimum Gasteiger partial charge on any atom is -0.480 e. The highest BCUT2D eigenvalue weighted by Gasteiger charge is 2.15. The molecule has 0 amide bonds. The second-order valence-electron chi connectivity index (χ2n) is 6.10. The molecular weight excluding hydrogens is 424 g/mol. The smallest absolute Gasteiger partial charge is 0.323 e. The third-order valence-corrected chi connectivity index (χ3v) is 3.39. The number of rotatable bonds is 19. The van der Waals surface area contributed by atoms with E-state index in [2.05, 4.69) is 9.47 Å². The van der Waals surface area contributed by atoms with E-state index in [1.807, 2.05) is 0 Å². The molecule has 0 atom stereocenters. The van der Waals surface area contributed by atoms with E-state index in [9.17, 15) is 24.0 Å². The fourth-order valence-electron chi connectivity index (χ4n) is 2.12. The van der Waals surface area contributed by atoms with Crippen LogP contribution in [0.4, 0.5) is 0 Å². The average molecular weight is 452 g/mol. The molecule has 0 aromatic heterocycles. The van der Waals surface area contributed by atoms with E-state index in [0.717, 1.165) is 6.92 Å². The van der Waals surface area contributed by atoms with Crippen molar-refractivity contribution in [1.29, 1.82) is 0 Å². The lowest BCUT2D eigenvalue weighted by Crippen LogP contribution is -2.38. The molecule has 0 aromatic carbocycles. The van der Waals surface area contributed by atoms with Gasteiger partial charge in [0.15, 0.2) is 0 Å². The zero-order valence-corrected chi connectivity index (χ0v) is 17.2. The minimum atomic E-state index is -1.15. The van der Waals surface area contributed by atoms with Gasteiger partial charge < -0.3 is 34.3 Å². The van der Waals surface area contributed by atoms with E-state index >= 15 is 0 Å². The second kappa shape index (κ2) is 16.9. The average Bonchev–Trinajstić information content (AvgIpc) is 2.61. The van der Waals surface area contributed by atoms with Crippen LogP contribution in [-0.4, -0.2) is 127 Å². The number of aliphatic carboxylic acids is 3. The molecule has 0 heterocycles. The summed E-state index contributed by atoms with van der Waals surface area (Å²) >= 11 is 0. The van der Waals surface area contributed by atoms with E-state index in [4.69, 9.17) is 24.8 Å². The van der Waals surface area contributed by atoms with Gasteiger partial charge in [0.25, 0.3) is 0 Å². The third kappa shape index (κ3) is 18.9. The van der Waals surface area contributed by atoms with Crippen LogP contribution in [-0.2, 0) is 42.9 Å². The van der Waals surface area contributed by atoms with Crippen LogP contribution in [0.15, 0.2) is 0 Å². The Hall–Kier alpha value is -2.81. The lowest BCUT2D eigenvalue weighted by molar-refractivity contribution is -0.166. The summed E-state index contributed by atoms with van der Waals surface area (Å²) in [5.41, 5.74) is 0. The van der Waals surface area contributed by atoms with E-state index in [1.165, 1.54) is 9.80 Å². The van der Waals surface area contributed by atoms with Crippen LogP contribution >= 0.6 is 0 Å². The highest BCUT2D eigenvalue weighted by molar-refractivity contribution is 5.74. The number of carbonyl (C=O) groups excluding carboxylic acids is 2. The Morgan fingerprint density at radius 2 is 1.06 bits per heavy atom. The van der Waals surface area contributed by atoms with Crippen molar-refractivity contribution >= 4 is 29.8 Å². The summed E-state index contributed by atoms with van der Waals surface area (Å²) in [5.74, 6) is -4.83. The molecule has 0 radical (unpaired) electrons. The van der Waals surface area contributed by atoms with Crippen molar-refractivity contribution in [3.05, 3.63) is 0 Å². The van der Waals surface area contributed by atoms with Gasteiger partial charge in [-0.05, 0) is 0 Å². The first-order valence-corrected chi connectivity index (χ1v) is 9.14. The summed E-state index contributed by atoms with van der Waals surface area (Å²) in [7, 11) is 0. The van der Waals surface area contributed by atoms with Crippen molar-refractivity contribution in [2.75, 3.05) is 72.5 Å². The largest absolute Gasteiger partial charge is 0.480 e. The Morgan fingerprint density at radius 3 is 1.45 bits per heavy atom. The Morgan fingerprint density at radius 1 is 0.645 bits per heavy atom. The van der Waals surface area contributed by atoms with Gasteiger partial charge >= 0.3 is 29.8 Å². The highest BCUT2D eigenvalue weighted by Crippen LogP contribution is 1.94.